The molecule has 0 saturated heterocycles. The molecule has 1 aromatic carbocycles. The predicted molar refractivity (Wildman–Crippen MR) is 64.9 cm³/mol. The SMILES string of the molecule is CCC1(C)C(N)CC1c1ccc(C)cc1. The Labute approximate surface area is 92.7 Å². The van der Waals surface area contributed by atoms with Crippen LogP contribution in [0.4, 0.5) is 0 Å². The minimum atomic E-state index is 0.315. The quantitative estimate of drug-likeness (QED) is 0.784. The van der Waals surface area contributed by atoms with Gasteiger partial charge in [0.1, 0.15) is 0 Å². The van der Waals surface area contributed by atoms with Crippen LogP contribution in [-0.2, 0) is 0 Å². The second kappa shape index (κ2) is 3.64. The first kappa shape index (κ1) is 10.7. The van der Waals surface area contributed by atoms with E-state index in [1.165, 1.54) is 17.5 Å². The summed E-state index contributed by atoms with van der Waals surface area (Å²) in [6, 6.07) is 9.32. The molecule has 0 spiro atoms. The first-order valence-corrected chi connectivity index (χ1v) is 5.90. The van der Waals surface area contributed by atoms with Gasteiger partial charge in [0.25, 0.3) is 0 Å². The maximum Gasteiger partial charge on any atom is 0.0105 e. The summed E-state index contributed by atoms with van der Waals surface area (Å²) in [5, 5.41) is 0. The molecule has 3 atom stereocenters. The number of aryl methyl sites for hydroxylation is 1. The molecule has 0 amide bonds. The molecule has 1 aromatic rings. The Morgan fingerprint density at radius 1 is 1.33 bits per heavy atom. The highest BCUT2D eigenvalue weighted by atomic mass is 14.8. The van der Waals surface area contributed by atoms with Crippen LogP contribution in [0.2, 0.25) is 0 Å². The van der Waals surface area contributed by atoms with Crippen molar-refractivity contribution >= 4 is 0 Å². The molecule has 1 aliphatic rings. The number of nitrogens with two attached hydrogens (primary N) is 1. The fourth-order valence-electron chi connectivity index (χ4n) is 2.71. The summed E-state index contributed by atoms with van der Waals surface area (Å²) in [5.74, 6) is 0.665. The summed E-state index contributed by atoms with van der Waals surface area (Å²) in [6.07, 6.45) is 2.32. The van der Waals surface area contributed by atoms with Crippen LogP contribution >= 0.6 is 0 Å². The van der Waals surface area contributed by atoms with Crippen molar-refractivity contribution in [3.63, 3.8) is 0 Å². The summed E-state index contributed by atoms with van der Waals surface area (Å²) in [7, 11) is 0. The molecule has 1 heteroatoms. The predicted octanol–water partition coefficient (Wildman–Crippen LogP) is 3.23. The van der Waals surface area contributed by atoms with Crippen molar-refractivity contribution in [2.24, 2.45) is 11.1 Å². The molecular weight excluding hydrogens is 182 g/mol. The molecule has 0 bridgehead atoms. The Hall–Kier alpha value is -0.820. The molecule has 0 aromatic heterocycles. The molecule has 2 rings (SSSR count). The van der Waals surface area contributed by atoms with Crippen LogP contribution in [0.15, 0.2) is 24.3 Å². The Bertz CT molecular complexity index is 341. The third-order valence-electron chi connectivity index (χ3n) is 4.37. The van der Waals surface area contributed by atoms with Gasteiger partial charge in [0, 0.05) is 6.04 Å². The normalized spacial score (nSPS) is 34.9. The summed E-state index contributed by atoms with van der Waals surface area (Å²) >= 11 is 0. The average molecular weight is 203 g/mol. The van der Waals surface area contributed by atoms with Gasteiger partial charge in [-0.15, -0.1) is 0 Å². The molecule has 3 unspecified atom stereocenters. The number of rotatable bonds is 2. The highest BCUT2D eigenvalue weighted by Gasteiger charge is 2.48. The molecule has 1 nitrogen and oxygen atoms in total. The molecule has 1 aliphatic carbocycles. The van der Waals surface area contributed by atoms with E-state index in [2.05, 4.69) is 45.0 Å². The fourth-order valence-corrected chi connectivity index (χ4v) is 2.71. The van der Waals surface area contributed by atoms with Gasteiger partial charge in [0.15, 0.2) is 0 Å². The molecule has 15 heavy (non-hydrogen) atoms. The second-order valence-electron chi connectivity index (χ2n) is 5.16. The molecule has 1 saturated carbocycles. The second-order valence-corrected chi connectivity index (χ2v) is 5.16. The summed E-state index contributed by atoms with van der Waals surface area (Å²) < 4.78 is 0. The zero-order valence-electron chi connectivity index (χ0n) is 9.96. The number of hydrogen-bond donors (Lipinski definition) is 1. The molecule has 82 valence electrons. The largest absolute Gasteiger partial charge is 0.327 e. The Morgan fingerprint density at radius 2 is 1.93 bits per heavy atom. The van der Waals surface area contributed by atoms with Crippen LogP contribution in [0.25, 0.3) is 0 Å². The topological polar surface area (TPSA) is 26.0 Å². The molecule has 0 radical (unpaired) electrons. The summed E-state index contributed by atoms with van der Waals surface area (Å²) in [5.41, 5.74) is 9.24. The molecule has 2 N–H and O–H groups in total. The monoisotopic (exact) mass is 203 g/mol. The van der Waals surface area contributed by atoms with Gasteiger partial charge >= 0.3 is 0 Å². The first-order chi connectivity index (χ1) is 7.08. The van der Waals surface area contributed by atoms with Gasteiger partial charge in [-0.1, -0.05) is 43.7 Å². The van der Waals surface area contributed by atoms with E-state index in [0.29, 0.717) is 17.4 Å². The maximum atomic E-state index is 6.13. The van der Waals surface area contributed by atoms with Crippen molar-refractivity contribution in [3.8, 4) is 0 Å². The first-order valence-electron chi connectivity index (χ1n) is 5.90. The molecular formula is C14H21N. The van der Waals surface area contributed by atoms with Gasteiger partial charge in [-0.05, 0) is 36.7 Å². The molecule has 0 aliphatic heterocycles. The minimum Gasteiger partial charge on any atom is -0.327 e. The van der Waals surface area contributed by atoms with Crippen molar-refractivity contribution in [1.82, 2.24) is 0 Å². The van der Waals surface area contributed by atoms with Crippen molar-refractivity contribution in [2.75, 3.05) is 0 Å². The van der Waals surface area contributed by atoms with Crippen LogP contribution in [0.3, 0.4) is 0 Å². The summed E-state index contributed by atoms with van der Waals surface area (Å²) in [6.45, 7) is 6.71. The fraction of sp³-hybridized carbons (Fsp3) is 0.571. The summed E-state index contributed by atoms with van der Waals surface area (Å²) in [4.78, 5) is 0. The number of benzene rings is 1. The van der Waals surface area contributed by atoms with E-state index >= 15 is 0 Å². The smallest absolute Gasteiger partial charge is 0.0105 e. The van der Waals surface area contributed by atoms with Crippen molar-refractivity contribution in [3.05, 3.63) is 35.4 Å². The van der Waals surface area contributed by atoms with E-state index in [-0.39, 0.29) is 0 Å². The lowest BCUT2D eigenvalue weighted by Crippen LogP contribution is -2.54. The Morgan fingerprint density at radius 3 is 2.40 bits per heavy atom. The van der Waals surface area contributed by atoms with Gasteiger partial charge < -0.3 is 5.73 Å². The molecule has 1 fully saturated rings. The zero-order valence-corrected chi connectivity index (χ0v) is 9.96. The molecule has 0 heterocycles. The van der Waals surface area contributed by atoms with Crippen molar-refractivity contribution in [2.45, 2.75) is 45.6 Å². The van der Waals surface area contributed by atoms with E-state index in [9.17, 15) is 0 Å². The van der Waals surface area contributed by atoms with Gasteiger partial charge in [0.2, 0.25) is 0 Å². The minimum absolute atomic E-state index is 0.315. The Kier molecular flexibility index (Phi) is 2.59. The van der Waals surface area contributed by atoms with Crippen LogP contribution in [-0.4, -0.2) is 6.04 Å². The Balaban J connectivity index is 2.23. The maximum absolute atomic E-state index is 6.13. The van der Waals surface area contributed by atoms with E-state index in [1.807, 2.05) is 0 Å². The lowest BCUT2D eigenvalue weighted by atomic mass is 9.54. The van der Waals surface area contributed by atoms with Gasteiger partial charge in [-0.25, -0.2) is 0 Å². The highest BCUT2D eigenvalue weighted by Crippen LogP contribution is 2.53. The zero-order chi connectivity index (χ0) is 11.1. The lowest BCUT2D eigenvalue weighted by Gasteiger charge is -2.53. The van der Waals surface area contributed by atoms with Gasteiger partial charge in [0.05, 0.1) is 0 Å². The highest BCUT2D eigenvalue weighted by molar-refractivity contribution is 5.30. The van der Waals surface area contributed by atoms with Gasteiger partial charge in [-0.2, -0.15) is 0 Å². The van der Waals surface area contributed by atoms with Gasteiger partial charge in [-0.3, -0.25) is 0 Å². The van der Waals surface area contributed by atoms with Crippen molar-refractivity contribution in [1.29, 1.82) is 0 Å². The van der Waals surface area contributed by atoms with Crippen LogP contribution in [0, 0.1) is 12.3 Å². The van der Waals surface area contributed by atoms with E-state index in [4.69, 9.17) is 5.73 Å². The third kappa shape index (κ3) is 1.59. The van der Waals surface area contributed by atoms with Crippen LogP contribution in [0.5, 0.6) is 0 Å². The van der Waals surface area contributed by atoms with E-state index in [1.54, 1.807) is 0 Å². The third-order valence-corrected chi connectivity index (χ3v) is 4.37. The van der Waals surface area contributed by atoms with E-state index < -0.39 is 0 Å². The van der Waals surface area contributed by atoms with Crippen molar-refractivity contribution < 1.29 is 0 Å². The average Bonchev–Trinajstić information content (AvgIpc) is 2.26. The lowest BCUT2D eigenvalue weighted by molar-refractivity contribution is 0.0706. The van der Waals surface area contributed by atoms with E-state index in [0.717, 1.165) is 6.42 Å². The number of hydrogen-bond acceptors (Lipinski definition) is 1. The standard InChI is InChI=1S/C14H21N/c1-4-14(3)12(9-13(14)15)11-7-5-10(2)6-8-11/h5-8,12-13H,4,9,15H2,1-3H3. The van der Waals surface area contributed by atoms with Crippen LogP contribution in [0.1, 0.15) is 43.7 Å². The van der Waals surface area contributed by atoms with Crippen LogP contribution < -0.4 is 5.73 Å².